The van der Waals surface area contributed by atoms with Crippen LogP contribution in [0.5, 0.6) is 0 Å². The number of methoxy groups -OCH3 is 1. The number of nitrogens with zero attached hydrogens (tertiary/aromatic N) is 3. The highest BCUT2D eigenvalue weighted by atomic mass is 16.5. The minimum Gasteiger partial charge on any atom is -0.480 e. The lowest BCUT2D eigenvalue weighted by Crippen LogP contribution is -2.52. The van der Waals surface area contributed by atoms with Crippen LogP contribution in [0, 0.1) is 5.92 Å². The van der Waals surface area contributed by atoms with Crippen molar-refractivity contribution < 1.29 is 19.4 Å². The minimum absolute atomic E-state index is 0.109. The number of anilines is 1. The van der Waals surface area contributed by atoms with Gasteiger partial charge in [0.05, 0.1) is 19.2 Å². The molecule has 1 aromatic rings. The Kier molecular flexibility index (Phi) is 4.94. The van der Waals surface area contributed by atoms with E-state index in [2.05, 4.69) is 24.9 Å². The summed E-state index contributed by atoms with van der Waals surface area (Å²) in [6, 6.07) is 0.531. The minimum atomic E-state index is -0.770. The van der Waals surface area contributed by atoms with E-state index in [1.54, 1.807) is 0 Å². The molecule has 0 spiro atoms. The van der Waals surface area contributed by atoms with Crippen molar-refractivity contribution in [1.29, 1.82) is 0 Å². The number of esters is 1. The summed E-state index contributed by atoms with van der Waals surface area (Å²) in [5.74, 6) is -0.0907. The van der Waals surface area contributed by atoms with Gasteiger partial charge in [0, 0.05) is 31.0 Å². The van der Waals surface area contributed by atoms with Crippen LogP contribution in [0.3, 0.4) is 0 Å². The molecule has 0 radical (unpaired) electrons. The standard InChI is InChI=1S/C16H22N4O4/c1-24-15(23)11-6-17-16(18-7-11)19-12-4-13(5-12)20(9-14(21)22)8-10-2-3-10/h6-7,10,12-13H,2-5,8-9H2,1H3,(H,21,22)(H,17,18,19). The van der Waals surface area contributed by atoms with E-state index in [4.69, 9.17) is 5.11 Å². The van der Waals surface area contributed by atoms with Gasteiger partial charge in [0.2, 0.25) is 5.95 Å². The summed E-state index contributed by atoms with van der Waals surface area (Å²) in [6.07, 6.45) is 7.04. The molecule has 2 aliphatic rings. The Balaban J connectivity index is 1.48. The highest BCUT2D eigenvalue weighted by Gasteiger charge is 2.37. The topological polar surface area (TPSA) is 105 Å². The van der Waals surface area contributed by atoms with E-state index in [0.717, 1.165) is 19.4 Å². The molecule has 130 valence electrons. The Bertz CT molecular complexity index is 597. The van der Waals surface area contributed by atoms with Crippen molar-refractivity contribution in [3.63, 3.8) is 0 Å². The molecule has 0 amide bonds. The van der Waals surface area contributed by atoms with Crippen molar-refractivity contribution in [1.82, 2.24) is 14.9 Å². The van der Waals surface area contributed by atoms with Gasteiger partial charge in [0.1, 0.15) is 0 Å². The number of carbonyl (C=O) groups excluding carboxylic acids is 1. The lowest BCUT2D eigenvalue weighted by Gasteiger charge is -2.42. The van der Waals surface area contributed by atoms with Gasteiger partial charge in [-0.2, -0.15) is 0 Å². The third kappa shape index (κ3) is 4.19. The Morgan fingerprint density at radius 3 is 2.54 bits per heavy atom. The van der Waals surface area contributed by atoms with Gasteiger partial charge in [-0.3, -0.25) is 9.69 Å². The van der Waals surface area contributed by atoms with Gasteiger partial charge in [0.15, 0.2) is 0 Å². The Hall–Kier alpha value is -2.22. The van der Waals surface area contributed by atoms with Crippen molar-refractivity contribution in [2.75, 3.05) is 25.5 Å². The number of ether oxygens (including phenoxy) is 1. The van der Waals surface area contributed by atoms with Gasteiger partial charge in [-0.05, 0) is 31.6 Å². The first kappa shape index (κ1) is 16.6. The molecule has 2 aliphatic carbocycles. The van der Waals surface area contributed by atoms with E-state index in [9.17, 15) is 9.59 Å². The summed E-state index contributed by atoms with van der Waals surface area (Å²) in [4.78, 5) is 32.7. The quantitative estimate of drug-likeness (QED) is 0.679. The first-order valence-electron chi connectivity index (χ1n) is 8.18. The SMILES string of the molecule is COC(=O)c1cnc(NC2CC(N(CC(=O)O)CC3CC3)C2)nc1. The third-order valence-corrected chi connectivity index (χ3v) is 4.56. The highest BCUT2D eigenvalue weighted by Crippen LogP contribution is 2.34. The van der Waals surface area contributed by atoms with Crippen molar-refractivity contribution in [2.24, 2.45) is 5.92 Å². The normalized spacial score (nSPS) is 22.8. The second kappa shape index (κ2) is 7.12. The molecule has 2 fully saturated rings. The smallest absolute Gasteiger partial charge is 0.341 e. The number of rotatable bonds is 8. The van der Waals surface area contributed by atoms with Crippen molar-refractivity contribution in [3.05, 3.63) is 18.0 Å². The molecule has 0 atom stereocenters. The third-order valence-electron chi connectivity index (χ3n) is 4.56. The van der Waals surface area contributed by atoms with E-state index < -0.39 is 11.9 Å². The number of carbonyl (C=O) groups is 2. The maximum atomic E-state index is 11.3. The monoisotopic (exact) mass is 334 g/mol. The van der Waals surface area contributed by atoms with E-state index in [1.807, 2.05) is 0 Å². The van der Waals surface area contributed by atoms with Crippen molar-refractivity contribution in [2.45, 2.75) is 37.8 Å². The molecule has 2 saturated carbocycles. The number of carboxylic acids is 1. The largest absolute Gasteiger partial charge is 0.480 e. The molecule has 8 nitrogen and oxygen atoms in total. The van der Waals surface area contributed by atoms with Gasteiger partial charge in [-0.15, -0.1) is 0 Å². The fourth-order valence-corrected chi connectivity index (χ4v) is 2.96. The zero-order valence-electron chi connectivity index (χ0n) is 13.6. The van der Waals surface area contributed by atoms with Crippen LogP contribution in [0.15, 0.2) is 12.4 Å². The van der Waals surface area contributed by atoms with Crippen LogP contribution in [-0.2, 0) is 9.53 Å². The summed E-state index contributed by atoms with van der Waals surface area (Å²) in [7, 11) is 1.31. The van der Waals surface area contributed by atoms with E-state index in [-0.39, 0.29) is 12.6 Å². The second-order valence-corrected chi connectivity index (χ2v) is 6.52. The molecule has 0 unspecified atom stereocenters. The molecule has 0 aromatic carbocycles. The maximum absolute atomic E-state index is 11.3. The lowest BCUT2D eigenvalue weighted by molar-refractivity contribution is -0.139. The van der Waals surface area contributed by atoms with Crippen LogP contribution in [0.1, 0.15) is 36.0 Å². The predicted octanol–water partition coefficient (Wildman–Crippen LogP) is 1.00. The number of aliphatic carboxylic acids is 1. The fourth-order valence-electron chi connectivity index (χ4n) is 2.96. The van der Waals surface area contributed by atoms with Crippen LogP contribution < -0.4 is 5.32 Å². The Morgan fingerprint density at radius 1 is 1.33 bits per heavy atom. The van der Waals surface area contributed by atoms with Crippen LogP contribution in [0.2, 0.25) is 0 Å². The average Bonchev–Trinajstić information content (AvgIpc) is 3.33. The van der Waals surface area contributed by atoms with Gasteiger partial charge >= 0.3 is 11.9 Å². The summed E-state index contributed by atoms with van der Waals surface area (Å²) in [6.45, 7) is 0.992. The average molecular weight is 334 g/mol. The van der Waals surface area contributed by atoms with Gasteiger partial charge in [0.25, 0.3) is 0 Å². The molecule has 0 saturated heterocycles. The van der Waals surface area contributed by atoms with Gasteiger partial charge < -0.3 is 15.2 Å². The number of carboxylic acid groups (broad SMARTS) is 1. The zero-order valence-corrected chi connectivity index (χ0v) is 13.6. The summed E-state index contributed by atoms with van der Waals surface area (Å²) >= 11 is 0. The first-order valence-corrected chi connectivity index (χ1v) is 8.18. The molecule has 24 heavy (non-hydrogen) atoms. The molecule has 0 aliphatic heterocycles. The predicted molar refractivity (Wildman–Crippen MR) is 85.7 cm³/mol. The summed E-state index contributed by atoms with van der Waals surface area (Å²) in [5, 5.41) is 12.3. The van der Waals surface area contributed by atoms with Crippen LogP contribution >= 0.6 is 0 Å². The van der Waals surface area contributed by atoms with Gasteiger partial charge in [-0.1, -0.05) is 0 Å². The molecule has 3 rings (SSSR count). The molecular formula is C16H22N4O4. The number of hydrogen-bond acceptors (Lipinski definition) is 7. The number of hydrogen-bond donors (Lipinski definition) is 2. The number of aromatic nitrogens is 2. The zero-order chi connectivity index (χ0) is 17.1. The molecule has 1 aromatic heterocycles. The first-order chi connectivity index (χ1) is 11.5. The van der Waals surface area contributed by atoms with E-state index in [1.165, 1.54) is 32.3 Å². The number of nitrogens with one attached hydrogen (secondary N) is 1. The highest BCUT2D eigenvalue weighted by molar-refractivity contribution is 5.88. The summed E-state index contributed by atoms with van der Waals surface area (Å²) in [5.41, 5.74) is 0.312. The van der Waals surface area contributed by atoms with Crippen molar-refractivity contribution >= 4 is 17.9 Å². The lowest BCUT2D eigenvalue weighted by atomic mass is 9.85. The van der Waals surface area contributed by atoms with Crippen LogP contribution in [0.25, 0.3) is 0 Å². The molecule has 0 bridgehead atoms. The van der Waals surface area contributed by atoms with Crippen molar-refractivity contribution in [3.8, 4) is 0 Å². The molecule has 2 N–H and O–H groups in total. The molecule has 8 heteroatoms. The van der Waals surface area contributed by atoms with E-state index in [0.29, 0.717) is 23.5 Å². The fraction of sp³-hybridized carbons (Fsp3) is 0.625. The van der Waals surface area contributed by atoms with E-state index >= 15 is 0 Å². The Labute approximate surface area is 140 Å². The van der Waals surface area contributed by atoms with Crippen LogP contribution in [-0.4, -0.2) is 64.2 Å². The van der Waals surface area contributed by atoms with Gasteiger partial charge in [-0.25, -0.2) is 14.8 Å². The molecular weight excluding hydrogens is 312 g/mol. The second-order valence-electron chi connectivity index (χ2n) is 6.52. The summed E-state index contributed by atoms with van der Waals surface area (Å²) < 4.78 is 4.61. The Morgan fingerprint density at radius 2 is 2.00 bits per heavy atom. The van der Waals surface area contributed by atoms with Crippen LogP contribution in [0.4, 0.5) is 5.95 Å². The maximum Gasteiger partial charge on any atom is 0.341 e. The molecule has 1 heterocycles.